The van der Waals surface area contributed by atoms with Crippen molar-refractivity contribution in [1.82, 2.24) is 9.80 Å². The number of likely N-dealkylation sites (tertiary alicyclic amines) is 2. The molecule has 0 N–H and O–H groups in total. The van der Waals surface area contributed by atoms with Crippen molar-refractivity contribution < 1.29 is 19.0 Å². The zero-order valence-corrected chi connectivity index (χ0v) is 16.7. The monoisotopic (exact) mass is 388 g/mol. The largest absolute Gasteiger partial charge is 0.486 e. The predicted molar refractivity (Wildman–Crippen MR) is 107 cm³/mol. The molecule has 3 heterocycles. The fourth-order valence-corrected chi connectivity index (χ4v) is 4.49. The van der Waals surface area contributed by atoms with E-state index in [9.17, 15) is 4.79 Å². The van der Waals surface area contributed by atoms with Crippen molar-refractivity contribution in [3.63, 3.8) is 0 Å². The van der Waals surface area contributed by atoms with Crippen LogP contribution in [0.2, 0.25) is 0 Å². The van der Waals surface area contributed by atoms with Gasteiger partial charge in [-0.15, -0.1) is 0 Å². The highest BCUT2D eigenvalue weighted by atomic mass is 16.6. The number of ether oxygens (including phenoxy) is 3. The van der Waals surface area contributed by atoms with E-state index in [4.69, 9.17) is 14.2 Å². The number of hydrogen-bond acceptors (Lipinski definition) is 5. The van der Waals surface area contributed by atoms with Crippen LogP contribution in [0, 0.1) is 0 Å². The summed E-state index contributed by atoms with van der Waals surface area (Å²) in [5.74, 6) is 2.17. The highest BCUT2D eigenvalue weighted by molar-refractivity contribution is 5.78. The Balaban J connectivity index is 1.29. The maximum atomic E-state index is 12.9. The second-order valence-corrected chi connectivity index (χ2v) is 8.02. The number of carbonyl (C=O) groups excluding carboxylic acids is 1. The molecule has 1 amide bonds. The number of benzene rings is 1. The Morgan fingerprint density at radius 3 is 2.64 bits per heavy atom. The third kappa shape index (κ3) is 4.90. The number of nitrogens with zero attached hydrogens (tertiary/aromatic N) is 2. The first-order chi connectivity index (χ1) is 13.8. The summed E-state index contributed by atoms with van der Waals surface area (Å²) in [7, 11) is 0. The lowest BCUT2D eigenvalue weighted by atomic mass is 9.98. The van der Waals surface area contributed by atoms with Crippen LogP contribution in [0.15, 0.2) is 18.2 Å². The lowest BCUT2D eigenvalue weighted by molar-refractivity contribution is -0.137. The molecular weight excluding hydrogens is 356 g/mol. The fraction of sp³-hybridized carbons (Fsp3) is 0.682. The van der Waals surface area contributed by atoms with Gasteiger partial charge in [0.25, 0.3) is 5.91 Å². The summed E-state index contributed by atoms with van der Waals surface area (Å²) in [5.41, 5.74) is 0. The zero-order chi connectivity index (χ0) is 19.2. The van der Waals surface area contributed by atoms with Gasteiger partial charge in [-0.3, -0.25) is 4.79 Å². The minimum Gasteiger partial charge on any atom is -0.486 e. The Kier molecular flexibility index (Phi) is 6.57. The molecule has 0 aromatic heterocycles. The van der Waals surface area contributed by atoms with Crippen LogP contribution >= 0.6 is 0 Å². The molecule has 0 spiro atoms. The second-order valence-electron chi connectivity index (χ2n) is 8.02. The van der Waals surface area contributed by atoms with Gasteiger partial charge in [0.2, 0.25) is 0 Å². The standard InChI is InChI=1S/C22H32N2O4/c25-22(17-28-19-7-8-20-21(16-19)27-15-14-26-20)24-12-5-2-6-18(24)9-13-23-10-3-1-4-11-23/h7-8,16,18H,1-6,9-15,17H2. The lowest BCUT2D eigenvalue weighted by Crippen LogP contribution is -2.47. The van der Waals surface area contributed by atoms with E-state index in [0.717, 1.165) is 38.1 Å². The number of piperidine rings is 2. The van der Waals surface area contributed by atoms with E-state index in [-0.39, 0.29) is 12.5 Å². The Morgan fingerprint density at radius 1 is 1.00 bits per heavy atom. The maximum Gasteiger partial charge on any atom is 0.260 e. The van der Waals surface area contributed by atoms with Crippen molar-refractivity contribution in [3.05, 3.63) is 18.2 Å². The second kappa shape index (κ2) is 9.50. The number of fused-ring (bicyclic) bond motifs is 1. The van der Waals surface area contributed by atoms with Gasteiger partial charge in [-0.2, -0.15) is 0 Å². The molecule has 3 aliphatic rings. The first kappa shape index (κ1) is 19.4. The quantitative estimate of drug-likeness (QED) is 0.750. The number of rotatable bonds is 6. The lowest BCUT2D eigenvalue weighted by Gasteiger charge is -2.37. The third-order valence-corrected chi connectivity index (χ3v) is 6.05. The SMILES string of the molecule is O=C(COc1ccc2c(c1)OCCO2)N1CCCCC1CCN1CCCCC1. The van der Waals surface area contributed by atoms with Gasteiger partial charge in [0, 0.05) is 25.2 Å². The Bertz CT molecular complexity index is 660. The molecule has 1 aromatic rings. The van der Waals surface area contributed by atoms with Crippen LogP contribution in [0.4, 0.5) is 0 Å². The molecule has 4 rings (SSSR count). The van der Waals surface area contributed by atoms with Gasteiger partial charge in [0.1, 0.15) is 19.0 Å². The third-order valence-electron chi connectivity index (χ3n) is 6.05. The van der Waals surface area contributed by atoms with Crippen LogP contribution < -0.4 is 14.2 Å². The van der Waals surface area contributed by atoms with Crippen LogP contribution in [-0.2, 0) is 4.79 Å². The first-order valence-electron chi connectivity index (χ1n) is 10.8. The minimum absolute atomic E-state index is 0.0832. The van der Waals surface area contributed by atoms with Crippen LogP contribution in [-0.4, -0.2) is 67.7 Å². The first-order valence-corrected chi connectivity index (χ1v) is 10.8. The highest BCUT2D eigenvalue weighted by Gasteiger charge is 2.27. The predicted octanol–water partition coefficient (Wildman–Crippen LogP) is 3.09. The van der Waals surface area contributed by atoms with E-state index in [1.54, 1.807) is 0 Å². The average molecular weight is 389 g/mol. The van der Waals surface area contributed by atoms with Crippen LogP contribution in [0.25, 0.3) is 0 Å². The van der Waals surface area contributed by atoms with E-state index in [0.29, 0.717) is 30.8 Å². The molecule has 0 bridgehead atoms. The summed E-state index contributed by atoms with van der Waals surface area (Å²) in [4.78, 5) is 17.5. The van der Waals surface area contributed by atoms with E-state index in [2.05, 4.69) is 9.80 Å². The van der Waals surface area contributed by atoms with E-state index in [1.165, 1.54) is 38.8 Å². The minimum atomic E-state index is 0.0832. The Morgan fingerprint density at radius 2 is 1.79 bits per heavy atom. The van der Waals surface area contributed by atoms with Crippen molar-refractivity contribution in [2.75, 3.05) is 46.0 Å². The number of hydrogen-bond donors (Lipinski definition) is 0. The summed E-state index contributed by atoms with van der Waals surface area (Å²) in [6, 6.07) is 5.85. The Labute approximate surface area is 167 Å². The van der Waals surface area contributed by atoms with Crippen LogP contribution in [0.5, 0.6) is 17.2 Å². The van der Waals surface area contributed by atoms with Crippen LogP contribution in [0.3, 0.4) is 0 Å². The molecule has 1 aromatic carbocycles. The van der Waals surface area contributed by atoms with Gasteiger partial charge in [0.15, 0.2) is 18.1 Å². The summed E-state index contributed by atoms with van der Waals surface area (Å²) in [5, 5.41) is 0. The molecular formula is C22H32N2O4. The maximum absolute atomic E-state index is 12.9. The van der Waals surface area contributed by atoms with Crippen molar-refractivity contribution in [2.45, 2.75) is 51.0 Å². The molecule has 6 nitrogen and oxygen atoms in total. The molecule has 0 radical (unpaired) electrons. The van der Waals surface area contributed by atoms with Crippen molar-refractivity contribution in [3.8, 4) is 17.2 Å². The van der Waals surface area contributed by atoms with E-state index >= 15 is 0 Å². The molecule has 1 atom stereocenters. The zero-order valence-electron chi connectivity index (χ0n) is 16.7. The van der Waals surface area contributed by atoms with Gasteiger partial charge in [-0.05, 0) is 63.7 Å². The summed E-state index contributed by atoms with van der Waals surface area (Å²) in [6.07, 6.45) is 8.50. The van der Waals surface area contributed by atoms with Crippen LogP contribution in [0.1, 0.15) is 44.9 Å². The topological polar surface area (TPSA) is 51.2 Å². The summed E-state index contributed by atoms with van der Waals surface area (Å²) >= 11 is 0. The number of carbonyl (C=O) groups is 1. The van der Waals surface area contributed by atoms with Crippen molar-refractivity contribution >= 4 is 5.91 Å². The normalized spacial score (nSPS) is 22.7. The fourth-order valence-electron chi connectivity index (χ4n) is 4.49. The molecule has 0 aliphatic carbocycles. The van der Waals surface area contributed by atoms with Gasteiger partial charge in [-0.25, -0.2) is 0 Å². The molecule has 1 unspecified atom stereocenters. The molecule has 6 heteroatoms. The van der Waals surface area contributed by atoms with E-state index < -0.39 is 0 Å². The molecule has 154 valence electrons. The summed E-state index contributed by atoms with van der Waals surface area (Å²) < 4.78 is 16.9. The smallest absolute Gasteiger partial charge is 0.260 e. The van der Waals surface area contributed by atoms with Crippen molar-refractivity contribution in [1.29, 1.82) is 0 Å². The molecule has 2 fully saturated rings. The molecule has 0 saturated carbocycles. The molecule has 2 saturated heterocycles. The van der Waals surface area contributed by atoms with Gasteiger partial charge in [0.05, 0.1) is 0 Å². The van der Waals surface area contributed by atoms with Gasteiger partial charge >= 0.3 is 0 Å². The highest BCUT2D eigenvalue weighted by Crippen LogP contribution is 2.33. The Hall–Kier alpha value is -1.95. The van der Waals surface area contributed by atoms with Gasteiger partial charge < -0.3 is 24.0 Å². The molecule has 3 aliphatic heterocycles. The molecule has 28 heavy (non-hydrogen) atoms. The summed E-state index contributed by atoms with van der Waals surface area (Å²) in [6.45, 7) is 5.59. The number of amides is 1. The average Bonchev–Trinajstić information content (AvgIpc) is 2.77. The van der Waals surface area contributed by atoms with E-state index in [1.807, 2.05) is 18.2 Å². The van der Waals surface area contributed by atoms with Gasteiger partial charge in [-0.1, -0.05) is 6.42 Å². The van der Waals surface area contributed by atoms with Crippen molar-refractivity contribution in [2.24, 2.45) is 0 Å².